The van der Waals surface area contributed by atoms with E-state index >= 15 is 0 Å². The first-order valence-corrected chi connectivity index (χ1v) is 7.46. The molecular weight excluding hydrogens is 230 g/mol. The van der Waals surface area contributed by atoms with Gasteiger partial charge in [0.05, 0.1) is 5.69 Å². The van der Waals surface area contributed by atoms with E-state index in [1.165, 1.54) is 35.1 Å². The third kappa shape index (κ3) is 3.42. The minimum atomic E-state index is 0.922. The summed E-state index contributed by atoms with van der Waals surface area (Å²) in [6.07, 6.45) is 3.84. The van der Waals surface area contributed by atoms with Crippen LogP contribution in [0.1, 0.15) is 37.3 Å². The Morgan fingerprint density at radius 2 is 2.18 bits per heavy atom. The van der Waals surface area contributed by atoms with Crippen LogP contribution in [-0.4, -0.2) is 25.1 Å². The van der Waals surface area contributed by atoms with Crippen LogP contribution in [0, 0.1) is 5.92 Å². The van der Waals surface area contributed by atoms with Gasteiger partial charge in [0.15, 0.2) is 5.13 Å². The van der Waals surface area contributed by atoms with Crippen LogP contribution in [0.15, 0.2) is 0 Å². The molecule has 3 nitrogen and oxygen atoms in total. The van der Waals surface area contributed by atoms with Crippen LogP contribution in [-0.2, 0) is 13.0 Å². The van der Waals surface area contributed by atoms with E-state index in [9.17, 15) is 0 Å². The van der Waals surface area contributed by atoms with Gasteiger partial charge >= 0.3 is 0 Å². The van der Waals surface area contributed by atoms with Crippen LogP contribution in [0.25, 0.3) is 0 Å². The van der Waals surface area contributed by atoms with Crippen molar-refractivity contribution in [1.29, 1.82) is 0 Å². The lowest BCUT2D eigenvalue weighted by molar-refractivity contribution is 0.727. The molecule has 0 atom stereocenters. The van der Waals surface area contributed by atoms with Gasteiger partial charge in [0.2, 0.25) is 0 Å². The maximum Gasteiger partial charge on any atom is 0.185 e. The average Bonchev–Trinajstić information content (AvgIpc) is 3.04. The van der Waals surface area contributed by atoms with E-state index in [0.29, 0.717) is 0 Å². The van der Waals surface area contributed by atoms with Crippen molar-refractivity contribution >= 4 is 16.5 Å². The molecule has 1 fully saturated rings. The van der Waals surface area contributed by atoms with Crippen LogP contribution in [0.4, 0.5) is 5.13 Å². The van der Waals surface area contributed by atoms with Crippen molar-refractivity contribution in [3.63, 3.8) is 0 Å². The van der Waals surface area contributed by atoms with Crippen molar-refractivity contribution in [1.82, 2.24) is 10.3 Å². The van der Waals surface area contributed by atoms with Crippen molar-refractivity contribution in [2.45, 2.75) is 39.7 Å². The zero-order valence-corrected chi connectivity index (χ0v) is 11.9. The highest BCUT2D eigenvalue weighted by Crippen LogP contribution is 2.33. The Morgan fingerprint density at radius 3 is 2.76 bits per heavy atom. The van der Waals surface area contributed by atoms with Gasteiger partial charge in [-0.1, -0.05) is 13.8 Å². The zero-order valence-electron chi connectivity index (χ0n) is 11.1. The van der Waals surface area contributed by atoms with Crippen molar-refractivity contribution in [3.05, 3.63) is 10.6 Å². The molecule has 1 aliphatic rings. The number of rotatable bonds is 7. The molecule has 17 heavy (non-hydrogen) atoms. The van der Waals surface area contributed by atoms with Crippen LogP contribution in [0.3, 0.4) is 0 Å². The van der Waals surface area contributed by atoms with Gasteiger partial charge in [-0.3, -0.25) is 0 Å². The minimum Gasteiger partial charge on any atom is -0.351 e. The van der Waals surface area contributed by atoms with Gasteiger partial charge in [-0.05, 0) is 31.7 Å². The Bertz CT molecular complexity index is 358. The Balaban J connectivity index is 2.02. The van der Waals surface area contributed by atoms with Gasteiger partial charge in [0, 0.05) is 25.0 Å². The molecule has 1 aromatic heterocycles. The first-order valence-electron chi connectivity index (χ1n) is 6.65. The first kappa shape index (κ1) is 12.8. The second-order valence-corrected chi connectivity index (χ2v) is 5.89. The van der Waals surface area contributed by atoms with Crippen LogP contribution < -0.4 is 10.2 Å². The molecule has 1 saturated carbocycles. The van der Waals surface area contributed by atoms with Crippen molar-refractivity contribution in [2.24, 2.45) is 5.92 Å². The molecule has 0 spiro atoms. The van der Waals surface area contributed by atoms with Crippen LogP contribution in [0.5, 0.6) is 0 Å². The SMILES string of the molecule is CCNCc1sc(N(C)CC2CC2)nc1CC. The molecular formula is C13H23N3S. The number of anilines is 1. The van der Waals surface area contributed by atoms with E-state index in [2.05, 4.69) is 31.1 Å². The number of aromatic nitrogens is 1. The van der Waals surface area contributed by atoms with E-state index in [1.54, 1.807) is 0 Å². The summed E-state index contributed by atoms with van der Waals surface area (Å²) in [5.41, 5.74) is 1.27. The number of thiazole rings is 1. The third-order valence-corrected chi connectivity index (χ3v) is 4.40. The quantitative estimate of drug-likeness (QED) is 0.810. The molecule has 2 rings (SSSR count). The smallest absolute Gasteiger partial charge is 0.185 e. The zero-order chi connectivity index (χ0) is 12.3. The first-order chi connectivity index (χ1) is 8.24. The maximum atomic E-state index is 4.77. The third-order valence-electron chi connectivity index (χ3n) is 3.19. The normalized spacial score (nSPS) is 15.2. The Hall–Kier alpha value is -0.610. The summed E-state index contributed by atoms with van der Waals surface area (Å²) in [7, 11) is 2.17. The Kier molecular flexibility index (Phi) is 4.40. The lowest BCUT2D eigenvalue weighted by Crippen LogP contribution is -2.19. The number of nitrogens with one attached hydrogen (secondary N) is 1. The van der Waals surface area contributed by atoms with Gasteiger partial charge in [0.1, 0.15) is 0 Å². The molecule has 96 valence electrons. The number of hydrogen-bond acceptors (Lipinski definition) is 4. The summed E-state index contributed by atoms with van der Waals surface area (Å²) in [6, 6.07) is 0. The fraction of sp³-hybridized carbons (Fsp3) is 0.769. The molecule has 4 heteroatoms. The minimum absolute atomic E-state index is 0.922. The van der Waals surface area contributed by atoms with Gasteiger partial charge in [-0.15, -0.1) is 11.3 Å². The van der Waals surface area contributed by atoms with Crippen molar-refractivity contribution in [3.8, 4) is 0 Å². The van der Waals surface area contributed by atoms with E-state index in [-0.39, 0.29) is 0 Å². The molecule has 0 aliphatic heterocycles. The molecule has 1 heterocycles. The molecule has 0 bridgehead atoms. The van der Waals surface area contributed by atoms with E-state index < -0.39 is 0 Å². The summed E-state index contributed by atoms with van der Waals surface area (Å²) < 4.78 is 0. The summed E-state index contributed by atoms with van der Waals surface area (Å²) in [6.45, 7) is 7.50. The predicted octanol–water partition coefficient (Wildman–Crippen LogP) is 2.66. The molecule has 1 aliphatic carbocycles. The second kappa shape index (κ2) is 5.83. The molecule has 1 N–H and O–H groups in total. The van der Waals surface area contributed by atoms with E-state index in [0.717, 1.165) is 25.4 Å². The number of nitrogens with zero attached hydrogens (tertiary/aromatic N) is 2. The molecule has 0 radical (unpaired) electrons. The van der Waals surface area contributed by atoms with Crippen molar-refractivity contribution in [2.75, 3.05) is 25.0 Å². The van der Waals surface area contributed by atoms with Gasteiger partial charge in [-0.25, -0.2) is 4.98 Å². The summed E-state index contributed by atoms with van der Waals surface area (Å²) in [5.74, 6) is 0.922. The molecule has 1 aromatic rings. The largest absolute Gasteiger partial charge is 0.351 e. The van der Waals surface area contributed by atoms with Crippen LogP contribution in [0.2, 0.25) is 0 Å². The average molecular weight is 253 g/mol. The summed E-state index contributed by atoms with van der Waals surface area (Å²) >= 11 is 1.85. The number of hydrogen-bond donors (Lipinski definition) is 1. The predicted molar refractivity (Wildman–Crippen MR) is 74.9 cm³/mol. The Labute approximate surface area is 108 Å². The standard InChI is InChI=1S/C13H23N3S/c1-4-11-12(8-14-5-2)17-13(15-11)16(3)9-10-6-7-10/h10,14H,4-9H2,1-3H3. The molecule has 0 aromatic carbocycles. The van der Waals surface area contributed by atoms with Crippen molar-refractivity contribution < 1.29 is 0 Å². The lowest BCUT2D eigenvalue weighted by atomic mass is 10.3. The molecule has 0 unspecified atom stereocenters. The molecule has 0 amide bonds. The second-order valence-electron chi connectivity index (χ2n) is 4.82. The van der Waals surface area contributed by atoms with E-state index in [1.807, 2.05) is 11.3 Å². The van der Waals surface area contributed by atoms with E-state index in [4.69, 9.17) is 4.98 Å². The summed E-state index contributed by atoms with van der Waals surface area (Å²) in [4.78, 5) is 8.51. The fourth-order valence-corrected chi connectivity index (χ4v) is 3.04. The van der Waals surface area contributed by atoms with Gasteiger partial charge in [-0.2, -0.15) is 0 Å². The Morgan fingerprint density at radius 1 is 1.41 bits per heavy atom. The maximum absolute atomic E-state index is 4.77. The highest BCUT2D eigenvalue weighted by molar-refractivity contribution is 7.15. The highest BCUT2D eigenvalue weighted by atomic mass is 32.1. The highest BCUT2D eigenvalue weighted by Gasteiger charge is 2.24. The topological polar surface area (TPSA) is 28.2 Å². The fourth-order valence-electron chi connectivity index (χ4n) is 1.95. The molecule has 0 saturated heterocycles. The number of aryl methyl sites for hydroxylation is 1. The monoisotopic (exact) mass is 253 g/mol. The summed E-state index contributed by atoms with van der Waals surface area (Å²) in [5, 5.41) is 4.59. The van der Waals surface area contributed by atoms with Crippen LogP contribution >= 0.6 is 11.3 Å². The van der Waals surface area contributed by atoms with Gasteiger partial charge < -0.3 is 10.2 Å². The van der Waals surface area contributed by atoms with Gasteiger partial charge in [0.25, 0.3) is 0 Å². The lowest BCUT2D eigenvalue weighted by Gasteiger charge is -2.14.